The van der Waals surface area contributed by atoms with E-state index in [0.717, 1.165) is 22.7 Å². The molecule has 0 atom stereocenters. The van der Waals surface area contributed by atoms with Gasteiger partial charge in [0.15, 0.2) is 0 Å². The molecular formula is C15H18N2O. The van der Waals surface area contributed by atoms with Crippen molar-refractivity contribution in [3.05, 3.63) is 54.1 Å². The lowest BCUT2D eigenvalue weighted by Crippen LogP contribution is -2.11. The molecule has 0 saturated carbocycles. The summed E-state index contributed by atoms with van der Waals surface area (Å²) < 4.78 is 5.71. The second-order valence-electron chi connectivity index (χ2n) is 4.39. The van der Waals surface area contributed by atoms with E-state index < -0.39 is 0 Å². The van der Waals surface area contributed by atoms with Crippen LogP contribution < -0.4 is 15.4 Å². The molecule has 2 aromatic rings. The lowest BCUT2D eigenvalue weighted by molar-refractivity contribution is 0.306. The van der Waals surface area contributed by atoms with Gasteiger partial charge in [-0.05, 0) is 17.7 Å². The highest BCUT2D eigenvalue weighted by atomic mass is 16.5. The van der Waals surface area contributed by atoms with Crippen LogP contribution >= 0.6 is 0 Å². The molecule has 0 saturated heterocycles. The molecular weight excluding hydrogens is 224 g/mol. The van der Waals surface area contributed by atoms with Crippen LogP contribution in [0.1, 0.15) is 5.56 Å². The van der Waals surface area contributed by atoms with Gasteiger partial charge >= 0.3 is 0 Å². The Morgan fingerprint density at radius 1 is 1.06 bits per heavy atom. The van der Waals surface area contributed by atoms with E-state index in [2.05, 4.69) is 0 Å². The molecule has 2 aromatic carbocycles. The number of hydrogen-bond acceptors (Lipinski definition) is 3. The first-order valence-corrected chi connectivity index (χ1v) is 5.90. The summed E-state index contributed by atoms with van der Waals surface area (Å²) in [6.07, 6.45) is 0. The van der Waals surface area contributed by atoms with E-state index in [-0.39, 0.29) is 0 Å². The van der Waals surface area contributed by atoms with Crippen molar-refractivity contribution in [3.63, 3.8) is 0 Å². The van der Waals surface area contributed by atoms with Crippen molar-refractivity contribution >= 4 is 11.4 Å². The molecule has 3 heteroatoms. The average Bonchev–Trinajstić information content (AvgIpc) is 2.37. The van der Waals surface area contributed by atoms with Crippen molar-refractivity contribution in [2.75, 3.05) is 24.7 Å². The lowest BCUT2D eigenvalue weighted by atomic mass is 10.2. The van der Waals surface area contributed by atoms with E-state index in [9.17, 15) is 0 Å². The standard InChI is InChI=1S/C15H18N2O/c1-17(2)15-9-8-13(10-14(15)16)18-11-12-6-4-3-5-7-12/h3-10H,11,16H2,1-2H3. The molecule has 0 aliphatic rings. The number of nitrogens with zero attached hydrogens (tertiary/aromatic N) is 1. The van der Waals surface area contributed by atoms with Gasteiger partial charge in [0.2, 0.25) is 0 Å². The fourth-order valence-electron chi connectivity index (χ4n) is 1.77. The Bertz CT molecular complexity index is 509. The zero-order chi connectivity index (χ0) is 13.0. The molecule has 0 radical (unpaired) electrons. The van der Waals surface area contributed by atoms with Gasteiger partial charge in [0, 0.05) is 20.2 Å². The normalized spacial score (nSPS) is 10.1. The fraction of sp³-hybridized carbons (Fsp3) is 0.200. The van der Waals surface area contributed by atoms with Crippen molar-refractivity contribution in [2.24, 2.45) is 0 Å². The molecule has 0 unspecified atom stereocenters. The van der Waals surface area contributed by atoms with Crippen molar-refractivity contribution in [1.82, 2.24) is 0 Å². The highest BCUT2D eigenvalue weighted by molar-refractivity contribution is 5.68. The molecule has 0 aromatic heterocycles. The smallest absolute Gasteiger partial charge is 0.122 e. The molecule has 0 amide bonds. The van der Waals surface area contributed by atoms with Crippen LogP contribution in [-0.2, 0) is 6.61 Å². The van der Waals surface area contributed by atoms with Crippen molar-refractivity contribution < 1.29 is 4.74 Å². The third-order valence-electron chi connectivity index (χ3n) is 2.73. The van der Waals surface area contributed by atoms with Crippen LogP contribution in [-0.4, -0.2) is 14.1 Å². The predicted octanol–water partition coefficient (Wildman–Crippen LogP) is 2.91. The van der Waals surface area contributed by atoms with E-state index in [0.29, 0.717) is 6.61 Å². The van der Waals surface area contributed by atoms with Crippen LogP contribution in [0.25, 0.3) is 0 Å². The molecule has 0 bridgehead atoms. The summed E-state index contributed by atoms with van der Waals surface area (Å²) in [5, 5.41) is 0. The Morgan fingerprint density at radius 3 is 2.39 bits per heavy atom. The third kappa shape index (κ3) is 2.94. The third-order valence-corrected chi connectivity index (χ3v) is 2.73. The van der Waals surface area contributed by atoms with Gasteiger partial charge in [-0.3, -0.25) is 0 Å². The van der Waals surface area contributed by atoms with E-state index >= 15 is 0 Å². The fourth-order valence-corrected chi connectivity index (χ4v) is 1.77. The molecule has 2 N–H and O–H groups in total. The second-order valence-corrected chi connectivity index (χ2v) is 4.39. The number of anilines is 2. The zero-order valence-corrected chi connectivity index (χ0v) is 10.8. The number of rotatable bonds is 4. The quantitative estimate of drug-likeness (QED) is 0.838. The number of nitrogens with two attached hydrogens (primary N) is 1. The summed E-state index contributed by atoms with van der Waals surface area (Å²) in [7, 11) is 3.94. The topological polar surface area (TPSA) is 38.5 Å². The summed E-state index contributed by atoms with van der Waals surface area (Å²) in [5.74, 6) is 0.793. The minimum absolute atomic E-state index is 0.557. The van der Waals surface area contributed by atoms with Crippen LogP contribution in [0.15, 0.2) is 48.5 Å². The van der Waals surface area contributed by atoms with E-state index in [1.165, 1.54) is 0 Å². The highest BCUT2D eigenvalue weighted by Crippen LogP contribution is 2.26. The Morgan fingerprint density at radius 2 is 1.78 bits per heavy atom. The Hall–Kier alpha value is -2.16. The Labute approximate surface area is 108 Å². The maximum absolute atomic E-state index is 5.97. The van der Waals surface area contributed by atoms with E-state index in [4.69, 9.17) is 10.5 Å². The summed E-state index contributed by atoms with van der Waals surface area (Å²) in [5.41, 5.74) is 8.84. The number of hydrogen-bond donors (Lipinski definition) is 1. The molecule has 18 heavy (non-hydrogen) atoms. The largest absolute Gasteiger partial charge is 0.489 e. The molecule has 0 aliphatic carbocycles. The Kier molecular flexibility index (Phi) is 3.72. The van der Waals surface area contributed by atoms with Crippen LogP contribution in [0, 0.1) is 0 Å². The van der Waals surface area contributed by atoms with Gasteiger partial charge in [0.1, 0.15) is 12.4 Å². The minimum Gasteiger partial charge on any atom is -0.489 e. The molecule has 2 rings (SSSR count). The highest BCUT2D eigenvalue weighted by Gasteiger charge is 2.03. The first kappa shape index (κ1) is 12.3. The maximum atomic E-state index is 5.97. The van der Waals surface area contributed by atoms with Crippen LogP contribution in [0.5, 0.6) is 5.75 Å². The predicted molar refractivity (Wildman–Crippen MR) is 76.0 cm³/mol. The lowest BCUT2D eigenvalue weighted by Gasteiger charge is -2.16. The van der Waals surface area contributed by atoms with Crippen molar-refractivity contribution in [2.45, 2.75) is 6.61 Å². The summed E-state index contributed by atoms with van der Waals surface area (Å²) in [6, 6.07) is 15.8. The van der Waals surface area contributed by atoms with Crippen molar-refractivity contribution in [1.29, 1.82) is 0 Å². The van der Waals surface area contributed by atoms with Crippen LogP contribution in [0.3, 0.4) is 0 Å². The van der Waals surface area contributed by atoms with E-state index in [1.54, 1.807) is 0 Å². The first-order chi connectivity index (χ1) is 8.66. The number of ether oxygens (including phenoxy) is 1. The van der Waals surface area contributed by atoms with Gasteiger partial charge in [0.25, 0.3) is 0 Å². The maximum Gasteiger partial charge on any atom is 0.122 e. The van der Waals surface area contributed by atoms with Crippen LogP contribution in [0.2, 0.25) is 0 Å². The monoisotopic (exact) mass is 242 g/mol. The van der Waals surface area contributed by atoms with Gasteiger partial charge in [-0.15, -0.1) is 0 Å². The molecule has 0 fully saturated rings. The molecule has 94 valence electrons. The van der Waals surface area contributed by atoms with Gasteiger partial charge in [-0.25, -0.2) is 0 Å². The SMILES string of the molecule is CN(C)c1ccc(OCc2ccccc2)cc1N. The van der Waals surface area contributed by atoms with Crippen molar-refractivity contribution in [3.8, 4) is 5.75 Å². The number of nitrogen functional groups attached to an aromatic ring is 1. The van der Waals surface area contributed by atoms with E-state index in [1.807, 2.05) is 67.5 Å². The summed E-state index contributed by atoms with van der Waals surface area (Å²) in [6.45, 7) is 0.557. The Balaban J connectivity index is 2.05. The molecule has 3 nitrogen and oxygen atoms in total. The first-order valence-electron chi connectivity index (χ1n) is 5.90. The van der Waals surface area contributed by atoms with Gasteiger partial charge < -0.3 is 15.4 Å². The zero-order valence-electron chi connectivity index (χ0n) is 10.8. The van der Waals surface area contributed by atoms with Gasteiger partial charge in [0.05, 0.1) is 11.4 Å². The molecule has 0 heterocycles. The second kappa shape index (κ2) is 5.45. The van der Waals surface area contributed by atoms with Gasteiger partial charge in [-0.1, -0.05) is 30.3 Å². The molecule has 0 spiro atoms. The minimum atomic E-state index is 0.557. The van der Waals surface area contributed by atoms with Crippen LogP contribution in [0.4, 0.5) is 11.4 Å². The summed E-state index contributed by atoms with van der Waals surface area (Å²) >= 11 is 0. The number of benzene rings is 2. The van der Waals surface area contributed by atoms with Gasteiger partial charge in [-0.2, -0.15) is 0 Å². The average molecular weight is 242 g/mol. The molecule has 0 aliphatic heterocycles. The summed E-state index contributed by atoms with van der Waals surface area (Å²) in [4.78, 5) is 1.98.